The molecule has 0 aliphatic heterocycles. The Kier molecular flexibility index (Phi) is 6.24. The minimum absolute atomic E-state index is 0.0348. The van der Waals surface area contributed by atoms with Crippen molar-refractivity contribution in [2.75, 3.05) is 6.54 Å². The molecule has 1 amide bonds. The molecule has 3 rings (SSSR count). The number of nitrogens with zero attached hydrogens (tertiary/aromatic N) is 3. The maximum Gasteiger partial charge on any atom is 0.254 e. The molecule has 5 nitrogen and oxygen atoms in total. The molecule has 0 aliphatic rings. The van der Waals surface area contributed by atoms with Gasteiger partial charge in [0.25, 0.3) is 5.91 Å². The first-order valence-corrected chi connectivity index (χ1v) is 9.75. The van der Waals surface area contributed by atoms with Gasteiger partial charge < -0.3 is 9.42 Å². The van der Waals surface area contributed by atoms with Crippen LogP contribution in [0.3, 0.4) is 0 Å². The van der Waals surface area contributed by atoms with Crippen LogP contribution >= 0.6 is 0 Å². The molecule has 0 spiro atoms. The summed E-state index contributed by atoms with van der Waals surface area (Å²) in [5, 5.41) is 4.08. The van der Waals surface area contributed by atoms with Crippen LogP contribution < -0.4 is 0 Å². The van der Waals surface area contributed by atoms with E-state index >= 15 is 0 Å². The Bertz CT molecular complexity index is 914. The lowest BCUT2D eigenvalue weighted by Gasteiger charge is -2.28. The van der Waals surface area contributed by atoms with Crippen LogP contribution in [0.15, 0.2) is 53.1 Å². The van der Waals surface area contributed by atoms with Gasteiger partial charge in [-0.05, 0) is 39.3 Å². The molecular formula is C23H27N3O2. The SMILES string of the molecule is CCC(C)N(CCc1nc(-c2ccc(C)cc2)no1)C(=O)c1ccc(C)cc1. The van der Waals surface area contributed by atoms with E-state index in [0.717, 1.165) is 17.5 Å². The number of amides is 1. The lowest BCUT2D eigenvalue weighted by atomic mass is 10.1. The van der Waals surface area contributed by atoms with Crippen molar-refractivity contribution in [1.82, 2.24) is 15.0 Å². The van der Waals surface area contributed by atoms with Crippen molar-refractivity contribution in [3.63, 3.8) is 0 Å². The third kappa shape index (κ3) is 4.66. The topological polar surface area (TPSA) is 59.2 Å². The van der Waals surface area contributed by atoms with E-state index in [0.29, 0.717) is 30.2 Å². The number of carbonyl (C=O) groups excluding carboxylic acids is 1. The summed E-state index contributed by atoms with van der Waals surface area (Å²) in [5.74, 6) is 1.16. The average molecular weight is 377 g/mol. The Morgan fingerprint density at radius 3 is 2.25 bits per heavy atom. The monoisotopic (exact) mass is 377 g/mol. The lowest BCUT2D eigenvalue weighted by molar-refractivity contribution is 0.0686. The summed E-state index contributed by atoms with van der Waals surface area (Å²) in [6, 6.07) is 15.8. The van der Waals surface area contributed by atoms with E-state index in [1.807, 2.05) is 67.3 Å². The second-order valence-electron chi connectivity index (χ2n) is 7.25. The van der Waals surface area contributed by atoms with E-state index < -0.39 is 0 Å². The van der Waals surface area contributed by atoms with Gasteiger partial charge in [-0.1, -0.05) is 59.6 Å². The maximum atomic E-state index is 13.0. The van der Waals surface area contributed by atoms with Gasteiger partial charge in [-0.3, -0.25) is 4.79 Å². The highest BCUT2D eigenvalue weighted by molar-refractivity contribution is 5.94. The second kappa shape index (κ2) is 8.83. The third-order valence-corrected chi connectivity index (χ3v) is 5.03. The molecule has 0 saturated heterocycles. The first-order valence-electron chi connectivity index (χ1n) is 9.75. The fourth-order valence-electron chi connectivity index (χ4n) is 3.00. The smallest absolute Gasteiger partial charge is 0.254 e. The number of hydrogen-bond donors (Lipinski definition) is 0. The number of carbonyl (C=O) groups is 1. The Balaban J connectivity index is 1.71. The summed E-state index contributed by atoms with van der Waals surface area (Å²) in [6.07, 6.45) is 1.41. The minimum atomic E-state index is 0.0348. The fraction of sp³-hybridized carbons (Fsp3) is 0.348. The average Bonchev–Trinajstić information content (AvgIpc) is 3.17. The Hall–Kier alpha value is -2.95. The van der Waals surface area contributed by atoms with Crippen molar-refractivity contribution in [1.29, 1.82) is 0 Å². The van der Waals surface area contributed by atoms with E-state index in [-0.39, 0.29) is 11.9 Å². The van der Waals surface area contributed by atoms with Crippen LogP contribution in [0, 0.1) is 13.8 Å². The quantitative estimate of drug-likeness (QED) is 0.591. The zero-order chi connectivity index (χ0) is 20.1. The number of aryl methyl sites for hydroxylation is 2. The van der Waals surface area contributed by atoms with Gasteiger partial charge in [0.2, 0.25) is 11.7 Å². The van der Waals surface area contributed by atoms with Crippen molar-refractivity contribution in [3.8, 4) is 11.4 Å². The van der Waals surface area contributed by atoms with Crippen LogP contribution in [0.2, 0.25) is 0 Å². The highest BCUT2D eigenvalue weighted by atomic mass is 16.5. The summed E-state index contributed by atoms with van der Waals surface area (Å²) in [5.41, 5.74) is 3.96. The third-order valence-electron chi connectivity index (χ3n) is 5.03. The first-order chi connectivity index (χ1) is 13.5. The molecule has 28 heavy (non-hydrogen) atoms. The molecule has 3 aromatic rings. The molecule has 1 atom stereocenters. The molecule has 0 saturated carbocycles. The Labute approximate surface area is 166 Å². The van der Waals surface area contributed by atoms with Crippen LogP contribution in [0.25, 0.3) is 11.4 Å². The minimum Gasteiger partial charge on any atom is -0.339 e. The Morgan fingerprint density at radius 2 is 1.64 bits per heavy atom. The molecule has 0 aliphatic carbocycles. The van der Waals surface area contributed by atoms with Crippen molar-refractivity contribution in [3.05, 3.63) is 71.1 Å². The van der Waals surface area contributed by atoms with Crippen molar-refractivity contribution in [2.24, 2.45) is 0 Å². The molecular weight excluding hydrogens is 350 g/mol. The molecule has 0 fully saturated rings. The summed E-state index contributed by atoms with van der Waals surface area (Å²) < 4.78 is 5.42. The van der Waals surface area contributed by atoms with E-state index in [1.54, 1.807) is 0 Å². The summed E-state index contributed by atoms with van der Waals surface area (Å²) in [6.45, 7) is 8.75. The van der Waals surface area contributed by atoms with E-state index in [1.165, 1.54) is 5.56 Å². The summed E-state index contributed by atoms with van der Waals surface area (Å²) in [4.78, 5) is 19.4. The Morgan fingerprint density at radius 1 is 1.04 bits per heavy atom. The second-order valence-corrected chi connectivity index (χ2v) is 7.25. The van der Waals surface area contributed by atoms with Gasteiger partial charge in [0.05, 0.1) is 0 Å². The normalized spacial score (nSPS) is 12.0. The highest BCUT2D eigenvalue weighted by Crippen LogP contribution is 2.18. The van der Waals surface area contributed by atoms with E-state index in [9.17, 15) is 4.79 Å². The van der Waals surface area contributed by atoms with Gasteiger partial charge in [-0.25, -0.2) is 0 Å². The molecule has 5 heteroatoms. The van der Waals surface area contributed by atoms with Crippen LogP contribution in [0.5, 0.6) is 0 Å². The number of benzene rings is 2. The first kappa shape index (κ1) is 19.8. The standard InChI is InChI=1S/C23H27N3O2/c1-5-18(4)26(23(27)20-12-8-17(3)9-13-20)15-14-21-24-22(25-28-21)19-10-6-16(2)7-11-19/h6-13,18H,5,14-15H2,1-4H3. The van der Waals surface area contributed by atoms with Crippen molar-refractivity contribution in [2.45, 2.75) is 46.6 Å². The molecule has 0 radical (unpaired) electrons. The number of rotatable bonds is 7. The van der Waals surface area contributed by atoms with Gasteiger partial charge in [-0.15, -0.1) is 0 Å². The molecule has 0 N–H and O–H groups in total. The molecule has 0 bridgehead atoms. The van der Waals surface area contributed by atoms with Gasteiger partial charge >= 0.3 is 0 Å². The molecule has 1 unspecified atom stereocenters. The van der Waals surface area contributed by atoms with E-state index in [4.69, 9.17) is 4.52 Å². The maximum absolute atomic E-state index is 13.0. The lowest BCUT2D eigenvalue weighted by Crippen LogP contribution is -2.39. The largest absolute Gasteiger partial charge is 0.339 e. The number of aromatic nitrogens is 2. The predicted molar refractivity (Wildman–Crippen MR) is 110 cm³/mol. The molecule has 2 aromatic carbocycles. The predicted octanol–water partition coefficient (Wildman–Crippen LogP) is 4.84. The highest BCUT2D eigenvalue weighted by Gasteiger charge is 2.21. The number of hydrogen-bond acceptors (Lipinski definition) is 4. The van der Waals surface area contributed by atoms with Gasteiger partial charge in [0.1, 0.15) is 0 Å². The van der Waals surface area contributed by atoms with Crippen LogP contribution in [0.1, 0.15) is 47.6 Å². The van der Waals surface area contributed by atoms with E-state index in [2.05, 4.69) is 24.0 Å². The fourth-order valence-corrected chi connectivity index (χ4v) is 3.00. The molecule has 1 heterocycles. The zero-order valence-electron chi connectivity index (χ0n) is 17.0. The van der Waals surface area contributed by atoms with Gasteiger partial charge in [0, 0.05) is 30.1 Å². The zero-order valence-corrected chi connectivity index (χ0v) is 17.0. The van der Waals surface area contributed by atoms with Crippen molar-refractivity contribution >= 4 is 5.91 Å². The van der Waals surface area contributed by atoms with Gasteiger partial charge in [-0.2, -0.15) is 4.98 Å². The molecule has 1 aromatic heterocycles. The van der Waals surface area contributed by atoms with Crippen LogP contribution in [0.4, 0.5) is 0 Å². The molecule has 146 valence electrons. The van der Waals surface area contributed by atoms with Crippen LogP contribution in [-0.2, 0) is 6.42 Å². The summed E-state index contributed by atoms with van der Waals surface area (Å²) in [7, 11) is 0. The van der Waals surface area contributed by atoms with Crippen molar-refractivity contribution < 1.29 is 9.32 Å². The summed E-state index contributed by atoms with van der Waals surface area (Å²) >= 11 is 0. The van der Waals surface area contributed by atoms with Gasteiger partial charge in [0.15, 0.2) is 0 Å². The van der Waals surface area contributed by atoms with Crippen LogP contribution in [-0.4, -0.2) is 33.5 Å².